The van der Waals surface area contributed by atoms with Crippen LogP contribution in [0.25, 0.3) is 0 Å². The molecule has 0 aliphatic rings. The van der Waals surface area contributed by atoms with Crippen molar-refractivity contribution in [3.05, 3.63) is 22.7 Å². The van der Waals surface area contributed by atoms with Crippen molar-refractivity contribution in [3.8, 4) is 0 Å². The zero-order valence-corrected chi connectivity index (χ0v) is 14.2. The highest BCUT2D eigenvalue weighted by Gasteiger charge is 2.20. The van der Waals surface area contributed by atoms with Gasteiger partial charge in [0.15, 0.2) is 0 Å². The van der Waals surface area contributed by atoms with Crippen LogP contribution in [0.15, 0.2) is 27.6 Å². The first-order valence-corrected chi connectivity index (χ1v) is 8.09. The van der Waals surface area contributed by atoms with Gasteiger partial charge < -0.3 is 10.6 Å². The van der Waals surface area contributed by atoms with Gasteiger partial charge >= 0.3 is 0 Å². The molecule has 0 aliphatic carbocycles. The number of hydrogen-bond donors (Lipinski definition) is 1. The van der Waals surface area contributed by atoms with Gasteiger partial charge in [0.2, 0.25) is 5.91 Å². The van der Waals surface area contributed by atoms with Crippen LogP contribution in [0.3, 0.4) is 0 Å². The van der Waals surface area contributed by atoms with E-state index in [0.29, 0.717) is 11.4 Å². The number of hydrogen-bond acceptors (Lipinski definition) is 3. The van der Waals surface area contributed by atoms with Gasteiger partial charge in [-0.3, -0.25) is 4.79 Å². The highest BCUT2D eigenvalue weighted by molar-refractivity contribution is 9.10. The Hall–Kier alpha value is -0.680. The van der Waals surface area contributed by atoms with Crippen molar-refractivity contribution in [2.24, 2.45) is 0 Å². The molecule has 3 nitrogen and oxygen atoms in total. The number of anilines is 1. The van der Waals surface area contributed by atoms with Crippen molar-refractivity contribution < 1.29 is 4.79 Å². The lowest BCUT2D eigenvalue weighted by molar-refractivity contribution is -0.131. The van der Waals surface area contributed by atoms with Gasteiger partial charge in [-0.2, -0.15) is 0 Å². The summed E-state index contributed by atoms with van der Waals surface area (Å²) < 4.78 is 0.973. The molecule has 0 unspecified atom stereocenters. The number of amides is 1. The summed E-state index contributed by atoms with van der Waals surface area (Å²) in [5, 5.41) is 0. The molecular weight excluding hydrogens is 324 g/mol. The summed E-state index contributed by atoms with van der Waals surface area (Å²) in [6, 6.07) is 6.12. The lowest BCUT2D eigenvalue weighted by atomic mass is 10.2. The molecule has 2 N–H and O–H groups in total. The number of halogens is 1. The second-order valence-corrected chi connectivity index (χ2v) is 6.89. The van der Waals surface area contributed by atoms with E-state index in [2.05, 4.69) is 15.9 Å². The van der Waals surface area contributed by atoms with Gasteiger partial charge in [-0.15, -0.1) is 11.8 Å². The molecule has 0 saturated heterocycles. The molecular formula is C14H21BrN2OS. The first-order chi connectivity index (χ1) is 8.82. The zero-order chi connectivity index (χ0) is 14.6. The van der Waals surface area contributed by atoms with E-state index < -0.39 is 0 Å². The number of nitrogen functional groups attached to an aromatic ring is 1. The van der Waals surface area contributed by atoms with Crippen LogP contribution >= 0.6 is 27.7 Å². The number of nitrogens with two attached hydrogens (primary N) is 1. The molecule has 19 heavy (non-hydrogen) atoms. The third kappa shape index (κ3) is 4.73. The van der Waals surface area contributed by atoms with Crippen LogP contribution in [0.2, 0.25) is 0 Å². The highest BCUT2D eigenvalue weighted by atomic mass is 79.9. The minimum absolute atomic E-state index is 0.148. The second-order valence-electron chi connectivity index (χ2n) is 4.96. The highest BCUT2D eigenvalue weighted by Crippen LogP contribution is 2.28. The minimum Gasteiger partial charge on any atom is -0.398 e. The first-order valence-electron chi connectivity index (χ1n) is 6.32. The smallest absolute Gasteiger partial charge is 0.233 e. The average Bonchev–Trinajstić information content (AvgIpc) is 2.29. The Kier molecular flexibility index (Phi) is 6.20. The number of nitrogens with zero attached hydrogens (tertiary/aromatic N) is 1. The van der Waals surface area contributed by atoms with Crippen molar-refractivity contribution in [2.45, 2.75) is 44.7 Å². The molecule has 1 aromatic rings. The summed E-state index contributed by atoms with van der Waals surface area (Å²) in [6.45, 7) is 8.15. The van der Waals surface area contributed by atoms with E-state index >= 15 is 0 Å². The van der Waals surface area contributed by atoms with Crippen LogP contribution in [0.1, 0.15) is 27.7 Å². The van der Waals surface area contributed by atoms with Crippen molar-refractivity contribution >= 4 is 39.3 Å². The number of rotatable bonds is 5. The Balaban J connectivity index is 2.70. The van der Waals surface area contributed by atoms with Crippen molar-refractivity contribution in [1.82, 2.24) is 4.90 Å². The van der Waals surface area contributed by atoms with Gasteiger partial charge in [0.25, 0.3) is 0 Å². The number of thioether (sulfide) groups is 1. The quantitative estimate of drug-likeness (QED) is 0.653. The summed E-state index contributed by atoms with van der Waals surface area (Å²) in [4.78, 5) is 15.1. The monoisotopic (exact) mass is 344 g/mol. The third-order valence-corrected chi connectivity index (χ3v) is 4.28. The van der Waals surface area contributed by atoms with Gasteiger partial charge in [0.05, 0.1) is 5.75 Å². The summed E-state index contributed by atoms with van der Waals surface area (Å²) in [7, 11) is 0. The SMILES string of the molecule is CC(C)N(C(=O)CSc1cc(Br)ccc1N)C(C)C. The van der Waals surface area contributed by atoms with Crippen LogP contribution in [-0.4, -0.2) is 28.6 Å². The Labute approximate surface area is 128 Å². The molecule has 0 spiro atoms. The summed E-state index contributed by atoms with van der Waals surface area (Å²) in [6.07, 6.45) is 0. The largest absolute Gasteiger partial charge is 0.398 e. The second kappa shape index (κ2) is 7.20. The van der Waals surface area contributed by atoms with Crippen LogP contribution < -0.4 is 5.73 Å². The fraction of sp³-hybridized carbons (Fsp3) is 0.500. The maximum atomic E-state index is 12.2. The molecule has 1 amide bonds. The summed E-state index contributed by atoms with van der Waals surface area (Å²) in [5.74, 6) is 0.561. The molecule has 5 heteroatoms. The molecule has 0 heterocycles. The number of carbonyl (C=O) groups is 1. The number of benzene rings is 1. The van der Waals surface area contributed by atoms with Gasteiger partial charge in [0.1, 0.15) is 0 Å². The average molecular weight is 345 g/mol. The van der Waals surface area contributed by atoms with E-state index in [0.717, 1.165) is 9.37 Å². The van der Waals surface area contributed by atoms with Crippen LogP contribution in [0.5, 0.6) is 0 Å². The molecule has 0 aliphatic heterocycles. The normalized spacial score (nSPS) is 11.1. The van der Waals surface area contributed by atoms with Gasteiger partial charge in [-0.1, -0.05) is 15.9 Å². The van der Waals surface area contributed by atoms with Crippen molar-refractivity contribution in [3.63, 3.8) is 0 Å². The Morgan fingerprint density at radius 2 is 1.89 bits per heavy atom. The molecule has 0 radical (unpaired) electrons. The molecule has 0 bridgehead atoms. The lowest BCUT2D eigenvalue weighted by Gasteiger charge is -2.30. The topological polar surface area (TPSA) is 46.3 Å². The predicted molar refractivity (Wildman–Crippen MR) is 86.4 cm³/mol. The lowest BCUT2D eigenvalue weighted by Crippen LogP contribution is -2.43. The summed E-state index contributed by atoms with van der Waals surface area (Å²) >= 11 is 4.90. The zero-order valence-electron chi connectivity index (χ0n) is 11.8. The van der Waals surface area contributed by atoms with Gasteiger partial charge in [-0.25, -0.2) is 0 Å². The van der Waals surface area contributed by atoms with Crippen molar-refractivity contribution in [1.29, 1.82) is 0 Å². The predicted octanol–water partition coefficient (Wildman–Crippen LogP) is 3.77. The van der Waals surface area contributed by atoms with Crippen molar-refractivity contribution in [2.75, 3.05) is 11.5 Å². The van der Waals surface area contributed by atoms with Crippen LogP contribution in [-0.2, 0) is 4.79 Å². The van der Waals surface area contributed by atoms with E-state index in [1.165, 1.54) is 11.8 Å². The maximum Gasteiger partial charge on any atom is 0.233 e. The Bertz CT molecular complexity index is 441. The van der Waals surface area contributed by atoms with E-state index in [1.807, 2.05) is 50.8 Å². The molecule has 106 valence electrons. The fourth-order valence-corrected chi connectivity index (χ4v) is 3.41. The molecule has 0 fully saturated rings. The third-order valence-electron chi connectivity index (χ3n) is 2.73. The minimum atomic E-state index is 0.148. The van der Waals surface area contributed by atoms with Gasteiger partial charge in [0, 0.05) is 27.1 Å². The van der Waals surface area contributed by atoms with E-state index in [9.17, 15) is 4.79 Å². The maximum absolute atomic E-state index is 12.2. The molecule has 0 aromatic heterocycles. The first kappa shape index (κ1) is 16.4. The van der Waals surface area contributed by atoms with Crippen LogP contribution in [0, 0.1) is 0 Å². The fourth-order valence-electron chi connectivity index (χ4n) is 2.02. The standard InChI is InChI=1S/C14H21BrN2OS/c1-9(2)17(10(3)4)14(18)8-19-13-7-11(15)5-6-12(13)16/h5-7,9-10H,8,16H2,1-4H3. The van der Waals surface area contributed by atoms with E-state index in [1.54, 1.807) is 0 Å². The molecule has 0 atom stereocenters. The number of carbonyl (C=O) groups excluding carboxylic acids is 1. The van der Waals surface area contributed by atoms with Crippen LogP contribution in [0.4, 0.5) is 5.69 Å². The van der Waals surface area contributed by atoms with Gasteiger partial charge in [-0.05, 0) is 45.9 Å². The van der Waals surface area contributed by atoms with E-state index in [-0.39, 0.29) is 18.0 Å². The Morgan fingerprint density at radius 3 is 2.42 bits per heavy atom. The summed E-state index contributed by atoms with van der Waals surface area (Å²) in [5.41, 5.74) is 6.61. The van der Waals surface area contributed by atoms with E-state index in [4.69, 9.17) is 5.73 Å². The Morgan fingerprint density at radius 1 is 1.32 bits per heavy atom. The molecule has 0 saturated carbocycles. The molecule has 1 aromatic carbocycles. The molecule has 1 rings (SSSR count).